The molecule has 0 aliphatic rings. The van der Waals surface area contributed by atoms with E-state index in [2.05, 4.69) is 15.7 Å². The smallest absolute Gasteiger partial charge is 0.326 e. The number of anilines is 2. The van der Waals surface area contributed by atoms with Crippen molar-refractivity contribution in [3.05, 3.63) is 81.8 Å². The maximum absolute atomic E-state index is 13.4. The van der Waals surface area contributed by atoms with Crippen LogP contribution in [0.3, 0.4) is 0 Å². The first-order valence-electron chi connectivity index (χ1n) is 9.03. The van der Waals surface area contributed by atoms with Crippen LogP contribution < -0.4 is 16.1 Å². The van der Waals surface area contributed by atoms with E-state index in [9.17, 15) is 27.6 Å². The van der Waals surface area contributed by atoms with Crippen LogP contribution in [0.4, 0.5) is 24.5 Å². The monoisotopic (exact) mass is 430 g/mol. The largest absolute Gasteiger partial charge is 0.418 e. The van der Waals surface area contributed by atoms with Gasteiger partial charge in [-0.05, 0) is 37.3 Å². The summed E-state index contributed by atoms with van der Waals surface area (Å²) < 4.78 is 41.1. The van der Waals surface area contributed by atoms with E-state index >= 15 is 0 Å². The number of rotatable bonds is 4. The van der Waals surface area contributed by atoms with E-state index in [1.807, 2.05) is 0 Å². The fourth-order valence-electron chi connectivity index (χ4n) is 2.91. The van der Waals surface area contributed by atoms with Gasteiger partial charge in [0.25, 0.3) is 5.91 Å². The zero-order chi connectivity index (χ0) is 22.8. The zero-order valence-corrected chi connectivity index (χ0v) is 16.4. The van der Waals surface area contributed by atoms with E-state index < -0.39 is 28.8 Å². The summed E-state index contributed by atoms with van der Waals surface area (Å²) in [6.07, 6.45) is -4.65. The molecule has 2 aromatic carbocycles. The van der Waals surface area contributed by atoms with Gasteiger partial charge in [0.15, 0.2) is 5.69 Å². The van der Waals surface area contributed by atoms with Crippen molar-refractivity contribution >= 4 is 23.2 Å². The van der Waals surface area contributed by atoms with Gasteiger partial charge in [0.2, 0.25) is 11.3 Å². The van der Waals surface area contributed by atoms with E-state index in [0.29, 0.717) is 5.69 Å². The molecule has 0 saturated carbocycles. The summed E-state index contributed by atoms with van der Waals surface area (Å²) in [5, 5.41) is 8.92. The van der Waals surface area contributed by atoms with Crippen LogP contribution in [0, 0.1) is 6.92 Å². The average Bonchev–Trinajstić information content (AvgIpc) is 2.67. The second-order valence-corrected chi connectivity index (χ2v) is 6.64. The topological polar surface area (TPSA) is 93.1 Å². The average molecular weight is 430 g/mol. The lowest BCUT2D eigenvalue weighted by molar-refractivity contribution is -0.137. The number of nitrogens with one attached hydrogen (secondary N) is 2. The molecule has 0 atom stereocenters. The first-order valence-corrected chi connectivity index (χ1v) is 9.03. The third-order valence-electron chi connectivity index (χ3n) is 4.20. The van der Waals surface area contributed by atoms with Gasteiger partial charge < -0.3 is 10.6 Å². The van der Waals surface area contributed by atoms with Crippen LogP contribution in [0.5, 0.6) is 0 Å². The zero-order valence-electron chi connectivity index (χ0n) is 16.4. The minimum Gasteiger partial charge on any atom is -0.326 e. The van der Waals surface area contributed by atoms with Gasteiger partial charge in [-0.1, -0.05) is 18.2 Å². The quantitative estimate of drug-likeness (QED) is 0.659. The Morgan fingerprint density at radius 1 is 0.968 bits per heavy atom. The first-order chi connectivity index (χ1) is 14.6. The molecule has 0 fully saturated rings. The lowest BCUT2D eigenvalue weighted by Crippen LogP contribution is -2.27. The Hall–Kier alpha value is -3.95. The fraction of sp³-hybridized carbons (Fsp3) is 0.143. The second kappa shape index (κ2) is 8.42. The highest BCUT2D eigenvalue weighted by molar-refractivity contribution is 6.03. The number of hydrogen-bond acceptors (Lipinski definition) is 4. The van der Waals surface area contributed by atoms with Gasteiger partial charge in [-0.3, -0.25) is 14.4 Å². The van der Waals surface area contributed by atoms with Gasteiger partial charge in [0.05, 0.1) is 11.3 Å². The Morgan fingerprint density at radius 2 is 1.61 bits per heavy atom. The number of carbonyl (C=O) groups excluding carboxylic acids is 2. The normalized spacial score (nSPS) is 11.1. The number of carbonyl (C=O) groups is 2. The van der Waals surface area contributed by atoms with Gasteiger partial charge >= 0.3 is 6.18 Å². The minimum atomic E-state index is -4.65. The van der Waals surface area contributed by atoms with Crippen LogP contribution in [0.1, 0.15) is 28.7 Å². The highest BCUT2D eigenvalue weighted by Crippen LogP contribution is 2.33. The van der Waals surface area contributed by atoms with Crippen molar-refractivity contribution < 1.29 is 22.8 Å². The van der Waals surface area contributed by atoms with E-state index in [1.165, 1.54) is 44.2 Å². The Labute approximate surface area is 174 Å². The van der Waals surface area contributed by atoms with Gasteiger partial charge in [-0.2, -0.15) is 18.3 Å². The predicted molar refractivity (Wildman–Crippen MR) is 108 cm³/mol. The summed E-state index contributed by atoms with van der Waals surface area (Å²) in [4.78, 5) is 36.2. The number of para-hydroxylation sites is 1. The lowest BCUT2D eigenvalue weighted by Gasteiger charge is -2.16. The maximum Gasteiger partial charge on any atom is 0.418 e. The minimum absolute atomic E-state index is 0.130. The summed E-state index contributed by atoms with van der Waals surface area (Å²) in [5.74, 6) is -1.21. The molecule has 0 aliphatic heterocycles. The standard InChI is InChI=1S/C21H17F3N4O3/c1-12-10-18(30)19(20(31)26-15-7-5-6-14(11-15)25-13(2)29)27-28(12)17-9-4-3-8-16(17)21(22,23)24/h3-11H,1-2H3,(H,25,29)(H,26,31). The molecular formula is C21H17F3N4O3. The molecule has 0 aliphatic carbocycles. The Bertz CT molecular complexity index is 1220. The Morgan fingerprint density at radius 3 is 2.26 bits per heavy atom. The van der Waals surface area contributed by atoms with E-state index in [4.69, 9.17) is 0 Å². The van der Waals surface area contributed by atoms with E-state index in [-0.39, 0.29) is 23.0 Å². The first kappa shape index (κ1) is 21.8. The fourth-order valence-corrected chi connectivity index (χ4v) is 2.91. The predicted octanol–water partition coefficient (Wildman–Crippen LogP) is 3.77. The van der Waals surface area contributed by atoms with E-state index in [0.717, 1.165) is 16.8 Å². The van der Waals surface area contributed by atoms with Crippen molar-refractivity contribution in [2.75, 3.05) is 10.6 Å². The molecule has 2 N–H and O–H groups in total. The molecule has 0 spiro atoms. The highest BCUT2D eigenvalue weighted by Gasteiger charge is 2.34. The number of alkyl halides is 3. The molecule has 0 radical (unpaired) electrons. The van der Waals surface area contributed by atoms with Gasteiger partial charge in [-0.15, -0.1) is 0 Å². The number of aryl methyl sites for hydroxylation is 1. The molecule has 160 valence electrons. The van der Waals surface area contributed by atoms with Crippen molar-refractivity contribution in [3.8, 4) is 5.69 Å². The number of halogens is 3. The molecule has 3 rings (SSSR count). The summed E-state index contributed by atoms with van der Waals surface area (Å²) >= 11 is 0. The molecule has 0 bridgehead atoms. The third kappa shape index (κ3) is 4.97. The number of nitrogens with zero attached hydrogens (tertiary/aromatic N) is 2. The SMILES string of the molecule is CC(=O)Nc1cccc(NC(=O)c2nn(-c3ccccc3C(F)(F)F)c(C)cc2=O)c1. The molecule has 7 nitrogen and oxygen atoms in total. The molecule has 10 heteroatoms. The molecular weight excluding hydrogens is 413 g/mol. The van der Waals surface area contributed by atoms with E-state index in [1.54, 1.807) is 12.1 Å². The second-order valence-electron chi connectivity index (χ2n) is 6.64. The van der Waals surface area contributed by atoms with Crippen LogP contribution >= 0.6 is 0 Å². The van der Waals surface area contributed by atoms with Gasteiger partial charge in [-0.25, -0.2) is 4.68 Å². The summed E-state index contributed by atoms with van der Waals surface area (Å²) in [5.41, 5.74) is -1.77. The number of benzene rings is 2. The van der Waals surface area contributed by atoms with Gasteiger partial charge in [0.1, 0.15) is 0 Å². The molecule has 1 aromatic heterocycles. The molecule has 0 saturated heterocycles. The summed E-state index contributed by atoms with van der Waals surface area (Å²) in [7, 11) is 0. The molecule has 31 heavy (non-hydrogen) atoms. The van der Waals surface area contributed by atoms with Gasteiger partial charge in [0, 0.05) is 30.1 Å². The third-order valence-corrected chi connectivity index (χ3v) is 4.20. The molecule has 3 aromatic rings. The van der Waals surface area contributed by atoms with Crippen molar-refractivity contribution in [2.24, 2.45) is 0 Å². The summed E-state index contributed by atoms with van der Waals surface area (Å²) in [6.45, 7) is 2.74. The molecule has 0 unspecified atom stereocenters. The lowest BCUT2D eigenvalue weighted by atomic mass is 10.1. The number of aromatic nitrogens is 2. The number of hydrogen-bond donors (Lipinski definition) is 2. The van der Waals surface area contributed by atoms with Crippen LogP contribution in [-0.4, -0.2) is 21.6 Å². The Kier molecular flexibility index (Phi) is 5.91. The van der Waals surface area contributed by atoms with Crippen LogP contribution in [0.15, 0.2) is 59.4 Å². The van der Waals surface area contributed by atoms with Crippen LogP contribution in [-0.2, 0) is 11.0 Å². The number of amides is 2. The van der Waals surface area contributed by atoms with Crippen molar-refractivity contribution in [1.29, 1.82) is 0 Å². The van der Waals surface area contributed by atoms with Crippen molar-refractivity contribution in [3.63, 3.8) is 0 Å². The van der Waals surface area contributed by atoms with Crippen molar-refractivity contribution in [2.45, 2.75) is 20.0 Å². The highest BCUT2D eigenvalue weighted by atomic mass is 19.4. The molecule has 1 heterocycles. The maximum atomic E-state index is 13.4. The van der Waals surface area contributed by atoms with Crippen LogP contribution in [0.2, 0.25) is 0 Å². The van der Waals surface area contributed by atoms with Crippen LogP contribution in [0.25, 0.3) is 5.69 Å². The molecule has 2 amide bonds. The van der Waals surface area contributed by atoms with Crippen molar-refractivity contribution in [1.82, 2.24) is 9.78 Å². The Balaban J connectivity index is 2.00. The summed E-state index contributed by atoms with van der Waals surface area (Å²) in [6, 6.07) is 11.9.